The Kier molecular flexibility index (Phi) is 6.69. The second-order valence-electron chi connectivity index (χ2n) is 6.27. The van der Waals surface area contributed by atoms with E-state index in [1.54, 1.807) is 29.3 Å². The van der Waals surface area contributed by atoms with Crippen molar-refractivity contribution in [3.63, 3.8) is 0 Å². The van der Waals surface area contributed by atoms with Crippen molar-refractivity contribution in [2.24, 2.45) is 5.10 Å². The van der Waals surface area contributed by atoms with Crippen molar-refractivity contribution in [2.45, 2.75) is 9.10 Å². The van der Waals surface area contributed by atoms with Gasteiger partial charge in [-0.3, -0.25) is 4.79 Å². The highest BCUT2D eigenvalue weighted by molar-refractivity contribution is 8.01. The van der Waals surface area contributed by atoms with Crippen molar-refractivity contribution in [1.82, 2.24) is 5.43 Å². The van der Waals surface area contributed by atoms with Crippen LogP contribution in [0.2, 0.25) is 5.02 Å². The number of hydrogen-bond acceptors (Lipinski definition) is 5. The van der Waals surface area contributed by atoms with E-state index in [0.29, 0.717) is 5.75 Å². The second kappa shape index (κ2) is 9.80. The van der Waals surface area contributed by atoms with Gasteiger partial charge in [0.25, 0.3) is 5.91 Å². The Labute approximate surface area is 187 Å². The zero-order chi connectivity index (χ0) is 20.8. The molecule has 0 aliphatic rings. The number of benzene rings is 3. The standard InChI is InChI=1S/C23H17ClN2O2S2/c24-17-8-10-18(11-9-17)29-23-13-12-19(30-23)14-25-26-22(27)15-28-21-7-3-5-16-4-1-2-6-20(16)21/h1-14H,15H2,(H,26,27)/b25-14+. The van der Waals surface area contributed by atoms with Crippen molar-refractivity contribution in [1.29, 1.82) is 0 Å². The van der Waals surface area contributed by atoms with Crippen LogP contribution in [-0.2, 0) is 4.79 Å². The quantitative estimate of drug-likeness (QED) is 0.267. The molecule has 0 radical (unpaired) electrons. The van der Waals surface area contributed by atoms with E-state index in [-0.39, 0.29) is 12.5 Å². The molecule has 3 aromatic carbocycles. The lowest BCUT2D eigenvalue weighted by Gasteiger charge is -2.08. The summed E-state index contributed by atoms with van der Waals surface area (Å²) >= 11 is 9.16. The van der Waals surface area contributed by atoms with Gasteiger partial charge >= 0.3 is 0 Å². The zero-order valence-electron chi connectivity index (χ0n) is 15.7. The minimum atomic E-state index is -0.313. The Morgan fingerprint density at radius 2 is 1.83 bits per heavy atom. The van der Waals surface area contributed by atoms with Crippen LogP contribution in [0.3, 0.4) is 0 Å². The van der Waals surface area contributed by atoms with Gasteiger partial charge in [0.05, 0.1) is 10.4 Å². The number of nitrogens with zero attached hydrogens (tertiary/aromatic N) is 1. The SMILES string of the molecule is O=C(COc1cccc2ccccc12)N/N=C/c1ccc(Sc2ccc(Cl)cc2)s1. The highest BCUT2D eigenvalue weighted by Crippen LogP contribution is 2.33. The average Bonchev–Trinajstić information content (AvgIpc) is 3.21. The number of thiophene rings is 1. The lowest BCUT2D eigenvalue weighted by atomic mass is 10.1. The number of nitrogens with one attached hydrogen (secondary N) is 1. The van der Waals surface area contributed by atoms with E-state index in [0.717, 1.165) is 29.8 Å². The molecule has 4 aromatic rings. The summed E-state index contributed by atoms with van der Waals surface area (Å²) in [4.78, 5) is 14.1. The van der Waals surface area contributed by atoms with E-state index in [2.05, 4.69) is 10.5 Å². The minimum Gasteiger partial charge on any atom is -0.483 e. The third kappa shape index (κ3) is 5.42. The monoisotopic (exact) mass is 452 g/mol. The van der Waals surface area contributed by atoms with Crippen molar-refractivity contribution in [2.75, 3.05) is 6.61 Å². The van der Waals surface area contributed by atoms with Crippen LogP contribution in [-0.4, -0.2) is 18.7 Å². The molecule has 0 fully saturated rings. The first-order valence-corrected chi connectivity index (χ1v) is 11.1. The Morgan fingerprint density at radius 1 is 1.03 bits per heavy atom. The molecule has 150 valence electrons. The number of hydrogen-bond donors (Lipinski definition) is 1. The molecule has 1 aromatic heterocycles. The summed E-state index contributed by atoms with van der Waals surface area (Å²) in [6.45, 7) is -0.104. The Balaban J connectivity index is 1.28. The Morgan fingerprint density at radius 3 is 2.70 bits per heavy atom. The summed E-state index contributed by atoms with van der Waals surface area (Å²) in [5, 5.41) is 6.79. The molecule has 1 amide bonds. The van der Waals surface area contributed by atoms with Crippen LogP contribution in [0.5, 0.6) is 5.75 Å². The van der Waals surface area contributed by atoms with Crippen molar-refractivity contribution in [3.05, 3.63) is 88.8 Å². The summed E-state index contributed by atoms with van der Waals surface area (Å²) in [7, 11) is 0. The predicted octanol–water partition coefficient (Wildman–Crippen LogP) is 6.24. The van der Waals surface area contributed by atoms with Gasteiger partial charge in [0.1, 0.15) is 5.75 Å². The van der Waals surface area contributed by atoms with E-state index in [9.17, 15) is 4.79 Å². The second-order valence-corrected chi connectivity index (χ2v) is 9.20. The molecular weight excluding hydrogens is 436 g/mol. The van der Waals surface area contributed by atoms with E-state index in [1.807, 2.05) is 78.9 Å². The van der Waals surface area contributed by atoms with Gasteiger partial charge in [0, 0.05) is 20.2 Å². The summed E-state index contributed by atoms with van der Waals surface area (Å²) in [6, 6.07) is 25.4. The first-order chi connectivity index (χ1) is 14.7. The molecule has 0 saturated heterocycles. The number of carbonyl (C=O) groups excluding carboxylic acids is 1. The van der Waals surface area contributed by atoms with Crippen LogP contribution in [0.1, 0.15) is 4.88 Å². The van der Waals surface area contributed by atoms with E-state index in [1.165, 1.54) is 0 Å². The average molecular weight is 453 g/mol. The van der Waals surface area contributed by atoms with Gasteiger partial charge < -0.3 is 4.74 Å². The minimum absolute atomic E-state index is 0.104. The number of fused-ring (bicyclic) bond motifs is 1. The number of ether oxygens (including phenoxy) is 1. The molecule has 0 unspecified atom stereocenters. The van der Waals surface area contributed by atoms with Crippen LogP contribution in [0, 0.1) is 0 Å². The van der Waals surface area contributed by atoms with Crippen molar-refractivity contribution < 1.29 is 9.53 Å². The van der Waals surface area contributed by atoms with Gasteiger partial charge in [0.15, 0.2) is 6.61 Å². The molecule has 7 heteroatoms. The molecule has 4 nitrogen and oxygen atoms in total. The largest absolute Gasteiger partial charge is 0.483 e. The lowest BCUT2D eigenvalue weighted by molar-refractivity contribution is -0.123. The summed E-state index contributed by atoms with van der Waals surface area (Å²) in [5.74, 6) is 0.362. The lowest BCUT2D eigenvalue weighted by Crippen LogP contribution is -2.24. The van der Waals surface area contributed by atoms with Gasteiger partial charge in [0.2, 0.25) is 0 Å². The van der Waals surface area contributed by atoms with Crippen molar-refractivity contribution in [3.8, 4) is 5.75 Å². The van der Waals surface area contributed by atoms with Crippen LogP contribution >= 0.6 is 34.7 Å². The molecule has 0 spiro atoms. The van der Waals surface area contributed by atoms with Gasteiger partial charge in [-0.25, -0.2) is 5.43 Å². The highest BCUT2D eigenvalue weighted by atomic mass is 35.5. The first-order valence-electron chi connectivity index (χ1n) is 9.13. The molecule has 1 heterocycles. The van der Waals surface area contributed by atoms with E-state index < -0.39 is 0 Å². The molecule has 0 saturated carbocycles. The Hall–Kier alpha value is -2.80. The van der Waals surface area contributed by atoms with E-state index in [4.69, 9.17) is 16.3 Å². The fourth-order valence-electron chi connectivity index (χ4n) is 2.74. The van der Waals surface area contributed by atoms with Gasteiger partial charge in [-0.05, 0) is 47.9 Å². The summed E-state index contributed by atoms with van der Waals surface area (Å²) < 4.78 is 6.80. The van der Waals surface area contributed by atoms with Crippen LogP contribution in [0.4, 0.5) is 0 Å². The zero-order valence-corrected chi connectivity index (χ0v) is 18.1. The molecule has 0 bridgehead atoms. The molecule has 1 N–H and O–H groups in total. The van der Waals surface area contributed by atoms with Crippen molar-refractivity contribution >= 4 is 57.6 Å². The summed E-state index contributed by atoms with van der Waals surface area (Å²) in [6.07, 6.45) is 1.63. The molecule has 0 aliphatic carbocycles. The smallest absolute Gasteiger partial charge is 0.277 e. The van der Waals surface area contributed by atoms with Gasteiger partial charge in [-0.15, -0.1) is 11.3 Å². The maximum atomic E-state index is 12.1. The fourth-order valence-corrected chi connectivity index (χ4v) is 4.86. The van der Waals surface area contributed by atoms with Crippen LogP contribution in [0.25, 0.3) is 10.8 Å². The molecule has 30 heavy (non-hydrogen) atoms. The number of rotatable bonds is 7. The normalized spacial score (nSPS) is 11.1. The number of halogens is 1. The first kappa shape index (κ1) is 20.5. The fraction of sp³-hybridized carbons (Fsp3) is 0.0435. The van der Waals surface area contributed by atoms with E-state index >= 15 is 0 Å². The molecule has 4 rings (SSSR count). The topological polar surface area (TPSA) is 50.7 Å². The predicted molar refractivity (Wildman–Crippen MR) is 125 cm³/mol. The highest BCUT2D eigenvalue weighted by Gasteiger charge is 2.05. The number of carbonyl (C=O) groups is 1. The third-order valence-corrected chi connectivity index (χ3v) is 6.54. The molecule has 0 aliphatic heterocycles. The maximum absolute atomic E-state index is 12.1. The summed E-state index contributed by atoms with van der Waals surface area (Å²) in [5.41, 5.74) is 2.51. The van der Waals surface area contributed by atoms with Gasteiger partial charge in [-0.1, -0.05) is 59.8 Å². The Bertz CT molecular complexity index is 1180. The molecule has 0 atom stereocenters. The third-order valence-electron chi connectivity index (χ3n) is 4.12. The number of amides is 1. The van der Waals surface area contributed by atoms with Crippen LogP contribution in [0.15, 0.2) is 93.1 Å². The van der Waals surface area contributed by atoms with Crippen LogP contribution < -0.4 is 10.2 Å². The number of hydrazone groups is 1. The van der Waals surface area contributed by atoms with Gasteiger partial charge in [-0.2, -0.15) is 5.10 Å². The molecular formula is C23H17ClN2O2S2. The maximum Gasteiger partial charge on any atom is 0.277 e.